The van der Waals surface area contributed by atoms with Crippen LogP contribution in [0.1, 0.15) is 53.9 Å². The van der Waals surface area contributed by atoms with Gasteiger partial charge in [-0.1, -0.05) is 0 Å². The Bertz CT molecular complexity index is 353. The molecule has 2 N–H and O–H groups in total. The Morgan fingerprint density at radius 3 is 2.38 bits per heavy atom. The van der Waals surface area contributed by atoms with Crippen molar-refractivity contribution in [2.75, 3.05) is 46.0 Å². The summed E-state index contributed by atoms with van der Waals surface area (Å²) in [6, 6.07) is 1.12. The molecule has 0 saturated carbocycles. The van der Waals surface area contributed by atoms with Gasteiger partial charge in [0.2, 0.25) is 0 Å². The highest BCUT2D eigenvalue weighted by atomic mass is 127. The summed E-state index contributed by atoms with van der Waals surface area (Å²) in [6.45, 7) is 17.1. The molecule has 1 fully saturated rings. The fourth-order valence-electron chi connectivity index (χ4n) is 3.11. The minimum Gasteiger partial charge on any atom is -0.381 e. The molecule has 156 valence electrons. The van der Waals surface area contributed by atoms with Gasteiger partial charge in [0.15, 0.2) is 5.96 Å². The van der Waals surface area contributed by atoms with E-state index in [4.69, 9.17) is 9.47 Å². The molecule has 0 bridgehead atoms. The number of nitrogens with one attached hydrogen (secondary N) is 2. The third-order valence-electron chi connectivity index (χ3n) is 4.43. The van der Waals surface area contributed by atoms with Crippen LogP contribution in [-0.4, -0.2) is 75.0 Å². The van der Waals surface area contributed by atoms with Crippen molar-refractivity contribution in [1.29, 1.82) is 0 Å². The van der Waals surface area contributed by atoms with E-state index in [2.05, 4.69) is 55.1 Å². The van der Waals surface area contributed by atoms with E-state index in [1.165, 1.54) is 0 Å². The van der Waals surface area contributed by atoms with Crippen LogP contribution in [0.3, 0.4) is 0 Å². The summed E-state index contributed by atoms with van der Waals surface area (Å²) in [4.78, 5) is 7.14. The molecule has 0 amide bonds. The smallest absolute Gasteiger partial charge is 0.191 e. The maximum absolute atomic E-state index is 5.89. The Labute approximate surface area is 177 Å². The maximum Gasteiger partial charge on any atom is 0.191 e. The van der Waals surface area contributed by atoms with Crippen LogP contribution in [0.15, 0.2) is 4.99 Å². The summed E-state index contributed by atoms with van der Waals surface area (Å²) in [5, 5.41) is 6.76. The van der Waals surface area contributed by atoms with Crippen molar-refractivity contribution in [3.8, 4) is 0 Å². The molecular formula is C19H41IN4O2. The van der Waals surface area contributed by atoms with Crippen LogP contribution in [-0.2, 0) is 9.47 Å². The highest BCUT2D eigenvalue weighted by molar-refractivity contribution is 14.0. The molecular weight excluding hydrogens is 443 g/mol. The quantitative estimate of drug-likeness (QED) is 0.205. The maximum atomic E-state index is 5.89. The van der Waals surface area contributed by atoms with Gasteiger partial charge >= 0.3 is 0 Å². The number of halogens is 1. The van der Waals surface area contributed by atoms with E-state index < -0.39 is 0 Å². The van der Waals surface area contributed by atoms with E-state index in [0.29, 0.717) is 18.2 Å². The largest absolute Gasteiger partial charge is 0.381 e. The summed E-state index contributed by atoms with van der Waals surface area (Å²) >= 11 is 0. The minimum absolute atomic E-state index is 0. The Kier molecular flexibility index (Phi) is 15.8. The first-order chi connectivity index (χ1) is 12.0. The molecule has 7 heteroatoms. The fourth-order valence-corrected chi connectivity index (χ4v) is 3.11. The third-order valence-corrected chi connectivity index (χ3v) is 4.43. The summed E-state index contributed by atoms with van der Waals surface area (Å²) < 4.78 is 11.2. The van der Waals surface area contributed by atoms with Crippen LogP contribution in [0.5, 0.6) is 0 Å². The van der Waals surface area contributed by atoms with Crippen LogP contribution in [0, 0.1) is 0 Å². The Morgan fingerprint density at radius 2 is 1.81 bits per heavy atom. The molecule has 0 radical (unpaired) electrons. The number of nitrogens with zero attached hydrogens (tertiary/aromatic N) is 2. The average Bonchev–Trinajstić information content (AvgIpc) is 2.58. The van der Waals surface area contributed by atoms with Crippen LogP contribution in [0.25, 0.3) is 0 Å². The molecule has 26 heavy (non-hydrogen) atoms. The Balaban J connectivity index is 0.00000625. The number of rotatable bonds is 11. The van der Waals surface area contributed by atoms with Crippen LogP contribution in [0.4, 0.5) is 0 Å². The lowest BCUT2D eigenvalue weighted by Gasteiger charge is -2.30. The standard InChI is InChI=1S/C19H40N4O2.HI/c1-6-20-19(22-11-12-23(16(2)3)17(4)5)21-10-7-13-25-18-8-14-24-15-9-18;/h16-18H,6-15H2,1-5H3,(H2,20,21,22);1H. The van der Waals surface area contributed by atoms with E-state index in [9.17, 15) is 0 Å². The van der Waals surface area contributed by atoms with Crippen molar-refractivity contribution in [2.45, 2.75) is 72.1 Å². The number of ether oxygens (including phenoxy) is 2. The first kappa shape index (κ1) is 25.9. The lowest BCUT2D eigenvalue weighted by atomic mass is 10.1. The number of guanidine groups is 1. The van der Waals surface area contributed by atoms with Crippen molar-refractivity contribution in [2.24, 2.45) is 4.99 Å². The molecule has 0 spiro atoms. The van der Waals surface area contributed by atoms with Crippen molar-refractivity contribution < 1.29 is 9.47 Å². The molecule has 0 aromatic rings. The lowest BCUT2D eigenvalue weighted by molar-refractivity contribution is -0.0318. The van der Waals surface area contributed by atoms with Gasteiger partial charge in [-0.05, 0) is 53.9 Å². The van der Waals surface area contributed by atoms with E-state index >= 15 is 0 Å². The van der Waals surface area contributed by atoms with Gasteiger partial charge in [-0.25, -0.2) is 0 Å². The minimum atomic E-state index is 0. The van der Waals surface area contributed by atoms with E-state index in [-0.39, 0.29) is 24.0 Å². The number of aliphatic imine (C=N–C) groups is 1. The van der Waals surface area contributed by atoms with Crippen molar-refractivity contribution in [3.63, 3.8) is 0 Å². The monoisotopic (exact) mass is 484 g/mol. The SMILES string of the molecule is CCNC(=NCCCOC1CCOCC1)NCCN(C(C)C)C(C)C.I. The fraction of sp³-hybridized carbons (Fsp3) is 0.947. The van der Waals surface area contributed by atoms with Crippen molar-refractivity contribution in [3.05, 3.63) is 0 Å². The predicted octanol–water partition coefficient (Wildman–Crippen LogP) is 2.86. The average molecular weight is 484 g/mol. The van der Waals surface area contributed by atoms with Crippen molar-refractivity contribution in [1.82, 2.24) is 15.5 Å². The highest BCUT2D eigenvalue weighted by Crippen LogP contribution is 2.10. The predicted molar refractivity (Wildman–Crippen MR) is 121 cm³/mol. The van der Waals surface area contributed by atoms with E-state index in [1.807, 2.05) is 0 Å². The third kappa shape index (κ3) is 11.6. The Morgan fingerprint density at radius 1 is 1.15 bits per heavy atom. The van der Waals surface area contributed by atoms with Gasteiger partial charge in [-0.3, -0.25) is 9.89 Å². The van der Waals surface area contributed by atoms with Gasteiger partial charge in [0, 0.05) is 58.1 Å². The van der Waals surface area contributed by atoms with E-state index in [1.54, 1.807) is 0 Å². The summed E-state index contributed by atoms with van der Waals surface area (Å²) in [7, 11) is 0. The molecule has 1 heterocycles. The molecule has 1 aliphatic heterocycles. The van der Waals surface area contributed by atoms with Gasteiger partial charge in [0.1, 0.15) is 0 Å². The summed E-state index contributed by atoms with van der Waals surface area (Å²) in [5.41, 5.74) is 0. The second-order valence-corrected chi connectivity index (χ2v) is 7.15. The van der Waals surface area contributed by atoms with Gasteiger partial charge in [0.25, 0.3) is 0 Å². The zero-order chi connectivity index (χ0) is 18.5. The molecule has 0 atom stereocenters. The second kappa shape index (κ2) is 15.9. The molecule has 0 aliphatic carbocycles. The molecule has 0 unspecified atom stereocenters. The van der Waals surface area contributed by atoms with Crippen molar-refractivity contribution >= 4 is 29.9 Å². The van der Waals surface area contributed by atoms with Gasteiger partial charge in [0.05, 0.1) is 6.10 Å². The zero-order valence-corrected chi connectivity index (χ0v) is 19.8. The molecule has 1 aliphatic rings. The molecule has 1 saturated heterocycles. The van der Waals surface area contributed by atoms with Crippen LogP contribution >= 0.6 is 24.0 Å². The number of hydrogen-bond acceptors (Lipinski definition) is 4. The van der Waals surface area contributed by atoms with Gasteiger partial charge < -0.3 is 20.1 Å². The normalized spacial score (nSPS) is 16.2. The molecule has 1 rings (SSSR count). The number of hydrogen-bond donors (Lipinski definition) is 2. The first-order valence-corrected chi connectivity index (χ1v) is 10.0. The second-order valence-electron chi connectivity index (χ2n) is 7.15. The Hall–Kier alpha value is -0.120. The molecule has 6 nitrogen and oxygen atoms in total. The molecule has 0 aromatic heterocycles. The topological polar surface area (TPSA) is 58.1 Å². The van der Waals surface area contributed by atoms with Gasteiger partial charge in [-0.15, -0.1) is 24.0 Å². The van der Waals surface area contributed by atoms with Crippen LogP contribution in [0.2, 0.25) is 0 Å². The summed E-state index contributed by atoms with van der Waals surface area (Å²) in [6.07, 6.45) is 3.38. The van der Waals surface area contributed by atoms with Gasteiger partial charge in [-0.2, -0.15) is 0 Å². The zero-order valence-electron chi connectivity index (χ0n) is 17.4. The first-order valence-electron chi connectivity index (χ1n) is 10.0. The lowest BCUT2D eigenvalue weighted by Crippen LogP contribution is -2.45. The van der Waals surface area contributed by atoms with E-state index in [0.717, 1.165) is 71.2 Å². The highest BCUT2D eigenvalue weighted by Gasteiger charge is 2.14. The van der Waals surface area contributed by atoms with Crippen LogP contribution < -0.4 is 10.6 Å². The molecule has 0 aromatic carbocycles. The summed E-state index contributed by atoms with van der Waals surface area (Å²) in [5.74, 6) is 0.904.